The molecule has 1 aromatic heterocycles. The Morgan fingerprint density at radius 3 is 2.21 bits per heavy atom. The summed E-state index contributed by atoms with van der Waals surface area (Å²) in [6.45, 7) is 11.4. The Morgan fingerprint density at radius 1 is 1.14 bits per heavy atom. The van der Waals surface area contributed by atoms with Crippen molar-refractivity contribution in [1.29, 1.82) is 0 Å². The molecule has 0 aromatic carbocycles. The molecule has 2 fully saturated rings. The van der Waals surface area contributed by atoms with Crippen molar-refractivity contribution in [2.75, 3.05) is 18.0 Å². The highest BCUT2D eigenvalue weighted by Gasteiger charge is 2.39. The van der Waals surface area contributed by atoms with Crippen LogP contribution >= 0.6 is 15.9 Å². The third kappa shape index (κ3) is 4.38. The second-order valence-electron chi connectivity index (χ2n) is 9.50. The molecule has 156 valence electrons. The molecule has 2 heterocycles. The van der Waals surface area contributed by atoms with Crippen LogP contribution in [-0.2, 0) is 9.53 Å². The zero-order chi connectivity index (χ0) is 20.7. The van der Waals surface area contributed by atoms with E-state index in [1.165, 1.54) is 38.5 Å². The number of aromatic nitrogens is 1. The molecule has 6 heteroatoms. The van der Waals surface area contributed by atoms with Crippen LogP contribution in [0, 0.1) is 19.3 Å². The summed E-state index contributed by atoms with van der Waals surface area (Å²) in [4.78, 5) is 19.1. The molecule has 1 aliphatic heterocycles. The third-order valence-corrected chi connectivity index (χ3v) is 7.22. The molecule has 0 radical (unpaired) electrons. The van der Waals surface area contributed by atoms with Crippen LogP contribution in [0.3, 0.4) is 0 Å². The van der Waals surface area contributed by atoms with Gasteiger partial charge in [0.15, 0.2) is 6.10 Å². The molecule has 3 rings (SSSR count). The smallest absolute Gasteiger partial charge is 0.337 e. The van der Waals surface area contributed by atoms with Gasteiger partial charge in [-0.3, -0.25) is 4.98 Å². The Bertz CT molecular complexity index is 741. The number of hydrogen-bond donors (Lipinski definition) is 1. The lowest BCUT2D eigenvalue weighted by atomic mass is 9.77. The van der Waals surface area contributed by atoms with E-state index < -0.39 is 17.7 Å². The van der Waals surface area contributed by atoms with Crippen LogP contribution in [0.5, 0.6) is 0 Å². The van der Waals surface area contributed by atoms with E-state index in [0.717, 1.165) is 34.6 Å². The second kappa shape index (κ2) is 7.94. The summed E-state index contributed by atoms with van der Waals surface area (Å²) in [6, 6.07) is 0. The van der Waals surface area contributed by atoms with Crippen molar-refractivity contribution >= 4 is 27.6 Å². The van der Waals surface area contributed by atoms with Gasteiger partial charge in [-0.15, -0.1) is 0 Å². The summed E-state index contributed by atoms with van der Waals surface area (Å²) in [5.74, 6) is -0.971. The number of carboxylic acids is 1. The van der Waals surface area contributed by atoms with E-state index in [0.29, 0.717) is 11.0 Å². The average Bonchev–Trinajstić information content (AvgIpc) is 3.04. The molecule has 1 spiro atoms. The fourth-order valence-electron chi connectivity index (χ4n) is 4.86. The molecule has 1 aromatic rings. The highest BCUT2D eigenvalue weighted by Crippen LogP contribution is 2.48. The van der Waals surface area contributed by atoms with Gasteiger partial charge in [0.1, 0.15) is 0 Å². The summed E-state index contributed by atoms with van der Waals surface area (Å²) < 4.78 is 6.89. The number of aryl methyl sites for hydroxylation is 2. The van der Waals surface area contributed by atoms with Gasteiger partial charge < -0.3 is 14.7 Å². The van der Waals surface area contributed by atoms with Gasteiger partial charge in [-0.05, 0) is 81.6 Å². The first-order valence-electron chi connectivity index (χ1n) is 10.4. The lowest BCUT2D eigenvalue weighted by molar-refractivity contribution is -0.160. The van der Waals surface area contributed by atoms with Gasteiger partial charge in [0.2, 0.25) is 0 Å². The number of ether oxygens (including phenoxy) is 1. The minimum absolute atomic E-state index is 0.508. The van der Waals surface area contributed by atoms with Crippen LogP contribution in [0.15, 0.2) is 4.47 Å². The first-order chi connectivity index (χ1) is 13.0. The Morgan fingerprint density at radius 2 is 1.71 bits per heavy atom. The van der Waals surface area contributed by atoms with E-state index in [-0.39, 0.29) is 0 Å². The Balaban J connectivity index is 2.01. The van der Waals surface area contributed by atoms with E-state index in [1.807, 2.05) is 34.6 Å². The van der Waals surface area contributed by atoms with Gasteiger partial charge in [0.05, 0.1) is 21.5 Å². The Kier molecular flexibility index (Phi) is 6.12. The number of nitrogens with zero attached hydrogens (tertiary/aromatic N) is 2. The first-order valence-corrected chi connectivity index (χ1v) is 11.1. The minimum atomic E-state index is -1.04. The number of anilines is 1. The van der Waals surface area contributed by atoms with Crippen LogP contribution in [-0.4, -0.2) is 34.8 Å². The van der Waals surface area contributed by atoms with Crippen molar-refractivity contribution in [2.45, 2.75) is 84.8 Å². The fraction of sp³-hybridized carbons (Fsp3) is 0.727. The zero-order valence-corrected chi connectivity index (χ0v) is 19.4. The van der Waals surface area contributed by atoms with E-state index in [9.17, 15) is 9.90 Å². The summed E-state index contributed by atoms with van der Waals surface area (Å²) in [5.41, 5.74) is 3.19. The third-order valence-electron chi connectivity index (χ3n) is 6.27. The van der Waals surface area contributed by atoms with Gasteiger partial charge in [0, 0.05) is 24.3 Å². The number of hydrogen-bond acceptors (Lipinski definition) is 4. The average molecular weight is 453 g/mol. The van der Waals surface area contributed by atoms with E-state index in [4.69, 9.17) is 4.74 Å². The predicted octanol–water partition coefficient (Wildman–Crippen LogP) is 5.56. The number of carboxylic acid groups (broad SMARTS) is 1. The number of halogens is 1. The van der Waals surface area contributed by atoms with E-state index >= 15 is 0 Å². The highest BCUT2D eigenvalue weighted by atomic mass is 79.9. The Hall–Kier alpha value is -1.14. The SMILES string of the molecule is Cc1nc(C)c([C@H](OC(C)(C)C)C(=O)O)c(N2CCC3(CCCC3)CC2)c1Br. The van der Waals surface area contributed by atoms with Crippen LogP contribution in [0.25, 0.3) is 0 Å². The van der Waals surface area contributed by atoms with Gasteiger partial charge in [-0.1, -0.05) is 12.8 Å². The standard InChI is InChI=1S/C22H33BrN2O3/c1-14-16(19(20(26)27)28-21(3,4)5)18(17(23)15(2)24-14)25-12-10-22(11-13-25)8-6-7-9-22/h19H,6-13H2,1-5H3,(H,26,27)/t19-/m0/s1. The maximum absolute atomic E-state index is 12.2. The highest BCUT2D eigenvalue weighted by molar-refractivity contribution is 9.10. The largest absolute Gasteiger partial charge is 0.479 e. The number of aliphatic carboxylic acids is 1. The lowest BCUT2D eigenvalue weighted by Crippen LogP contribution is -2.40. The van der Waals surface area contributed by atoms with Crippen LogP contribution < -0.4 is 4.90 Å². The molecule has 0 amide bonds. The van der Waals surface area contributed by atoms with Crippen molar-refractivity contribution in [3.05, 3.63) is 21.4 Å². The van der Waals surface area contributed by atoms with Crippen molar-refractivity contribution in [3.63, 3.8) is 0 Å². The number of piperidine rings is 1. The van der Waals surface area contributed by atoms with Gasteiger partial charge in [0.25, 0.3) is 0 Å². The summed E-state index contributed by atoms with van der Waals surface area (Å²) in [5, 5.41) is 9.98. The van der Waals surface area contributed by atoms with Crippen molar-refractivity contribution in [2.24, 2.45) is 5.41 Å². The fourth-order valence-corrected chi connectivity index (χ4v) is 5.41. The van der Waals surface area contributed by atoms with Crippen molar-refractivity contribution < 1.29 is 14.6 Å². The molecule has 28 heavy (non-hydrogen) atoms. The topological polar surface area (TPSA) is 62.7 Å². The van der Waals surface area contributed by atoms with Gasteiger partial charge in [-0.25, -0.2) is 4.79 Å². The maximum atomic E-state index is 12.2. The first kappa shape index (κ1) is 21.6. The lowest BCUT2D eigenvalue weighted by Gasteiger charge is -2.42. The van der Waals surface area contributed by atoms with E-state index in [2.05, 4.69) is 25.8 Å². The summed E-state index contributed by atoms with van der Waals surface area (Å²) in [7, 11) is 0. The quantitative estimate of drug-likeness (QED) is 0.647. The second-order valence-corrected chi connectivity index (χ2v) is 10.3. The van der Waals surface area contributed by atoms with Crippen LogP contribution in [0.1, 0.15) is 82.4 Å². The van der Waals surface area contributed by atoms with Crippen molar-refractivity contribution in [3.8, 4) is 0 Å². The molecule has 1 aliphatic carbocycles. The molecule has 2 aliphatic rings. The molecule has 0 bridgehead atoms. The minimum Gasteiger partial charge on any atom is -0.479 e. The van der Waals surface area contributed by atoms with Crippen LogP contribution in [0.4, 0.5) is 5.69 Å². The summed E-state index contributed by atoms with van der Waals surface area (Å²) in [6.07, 6.45) is 6.70. The van der Waals surface area contributed by atoms with Crippen LogP contribution in [0.2, 0.25) is 0 Å². The van der Waals surface area contributed by atoms with E-state index in [1.54, 1.807) is 0 Å². The Labute approximate surface area is 177 Å². The molecule has 1 saturated heterocycles. The molecule has 1 N–H and O–H groups in total. The van der Waals surface area contributed by atoms with Gasteiger partial charge >= 0.3 is 5.97 Å². The van der Waals surface area contributed by atoms with Crippen molar-refractivity contribution in [1.82, 2.24) is 4.98 Å². The molecular weight excluding hydrogens is 420 g/mol. The molecule has 0 unspecified atom stereocenters. The number of carbonyl (C=O) groups is 1. The van der Waals surface area contributed by atoms with Gasteiger partial charge in [-0.2, -0.15) is 0 Å². The maximum Gasteiger partial charge on any atom is 0.337 e. The normalized spacial score (nSPS) is 20.6. The number of pyridine rings is 1. The molecule has 5 nitrogen and oxygen atoms in total. The number of rotatable bonds is 4. The predicted molar refractivity (Wildman–Crippen MR) is 115 cm³/mol. The summed E-state index contributed by atoms with van der Waals surface area (Å²) >= 11 is 3.72. The zero-order valence-electron chi connectivity index (χ0n) is 17.8. The molecular formula is C22H33BrN2O3. The molecule has 1 saturated carbocycles. The molecule has 1 atom stereocenters. The monoisotopic (exact) mass is 452 g/mol.